The molecule has 1 aromatic carbocycles. The van der Waals surface area contributed by atoms with Gasteiger partial charge in [-0.3, -0.25) is 0 Å². The van der Waals surface area contributed by atoms with Gasteiger partial charge in [0.2, 0.25) is 0 Å². The van der Waals surface area contributed by atoms with Crippen LogP contribution in [0.25, 0.3) is 3.59 Å². The first-order valence-corrected chi connectivity index (χ1v) is 19.3. The van der Waals surface area contributed by atoms with Crippen LogP contribution >= 0.6 is 11.3 Å². The Morgan fingerprint density at radius 3 is 2.41 bits per heavy atom. The Labute approximate surface area is 143 Å². The van der Waals surface area contributed by atoms with Gasteiger partial charge in [-0.1, -0.05) is 0 Å². The van der Waals surface area contributed by atoms with E-state index in [-0.39, 0.29) is 0 Å². The molecule has 0 unspecified atom stereocenters. The van der Waals surface area contributed by atoms with Gasteiger partial charge in [0, 0.05) is 0 Å². The molecule has 1 aliphatic heterocycles. The number of hydrogen-bond acceptors (Lipinski definition) is 1. The summed E-state index contributed by atoms with van der Waals surface area (Å²) in [4.78, 5) is 7.72. The number of benzene rings is 1. The molecule has 1 fully saturated rings. The van der Waals surface area contributed by atoms with Gasteiger partial charge in [-0.25, -0.2) is 0 Å². The van der Waals surface area contributed by atoms with E-state index >= 15 is 0 Å². The fraction of sp³-hybridized carbons (Fsp3) is 0.368. The van der Waals surface area contributed by atoms with Crippen molar-refractivity contribution >= 4 is 44.8 Å². The zero-order valence-corrected chi connectivity index (χ0v) is 17.6. The van der Waals surface area contributed by atoms with Crippen molar-refractivity contribution in [1.82, 2.24) is 0 Å². The standard InChI is InChI=1S/C16H16BS.3CH3.Sn/c1-2-7-14(8-3-1)13-15-9-4-5-11-17(15)16-10-6-12-18-16;;;;/h1-3,6-8,10,12H,4-5,9,11H2;3*1H3;. The average Bonchev–Trinajstić information content (AvgIpc) is 3.02. The van der Waals surface area contributed by atoms with Crippen molar-refractivity contribution in [2.75, 3.05) is 0 Å². The topological polar surface area (TPSA) is 0 Å². The van der Waals surface area contributed by atoms with E-state index in [9.17, 15) is 0 Å². The van der Waals surface area contributed by atoms with Crippen LogP contribution in [0.15, 0.2) is 53.3 Å². The van der Waals surface area contributed by atoms with Gasteiger partial charge in [0.25, 0.3) is 0 Å². The van der Waals surface area contributed by atoms with Gasteiger partial charge in [0.1, 0.15) is 0 Å². The van der Waals surface area contributed by atoms with E-state index < -0.39 is 18.4 Å². The van der Waals surface area contributed by atoms with Gasteiger partial charge in [0.05, 0.1) is 0 Å². The van der Waals surface area contributed by atoms with Gasteiger partial charge in [-0.2, -0.15) is 0 Å². The summed E-state index contributed by atoms with van der Waals surface area (Å²) in [5, 5.41) is 2.24. The molecule has 0 radical (unpaired) electrons. The van der Waals surface area contributed by atoms with Crippen molar-refractivity contribution in [3.05, 3.63) is 58.9 Å². The molecule has 2 aromatic rings. The zero-order chi connectivity index (χ0) is 15.6. The van der Waals surface area contributed by atoms with E-state index in [0.717, 1.165) is 0 Å². The Bertz CT molecular complexity index is 638. The molecule has 2 heterocycles. The molecule has 3 heteroatoms. The van der Waals surface area contributed by atoms with Crippen molar-refractivity contribution in [1.29, 1.82) is 0 Å². The third-order valence-electron chi connectivity index (χ3n) is 4.63. The Morgan fingerprint density at radius 2 is 1.77 bits per heavy atom. The molecule has 0 saturated carbocycles. The summed E-state index contributed by atoms with van der Waals surface area (Å²) in [5.41, 5.74) is 3.28. The quantitative estimate of drug-likeness (QED) is 0.581. The van der Waals surface area contributed by atoms with E-state index in [1.807, 2.05) is 11.3 Å². The average molecular weight is 415 g/mol. The van der Waals surface area contributed by atoms with E-state index in [0.29, 0.717) is 6.71 Å². The second kappa shape index (κ2) is 6.96. The number of hydrogen-bond donors (Lipinski definition) is 0. The second-order valence-corrected chi connectivity index (χ2v) is 22.6. The minimum absolute atomic E-state index is 0.680. The first-order valence-electron chi connectivity index (χ1n) is 8.40. The van der Waals surface area contributed by atoms with Crippen molar-refractivity contribution in [2.45, 2.75) is 40.4 Å². The number of allylic oxidation sites excluding steroid dienone is 1. The van der Waals surface area contributed by atoms with Crippen molar-refractivity contribution < 1.29 is 0 Å². The molecule has 1 aromatic heterocycles. The Morgan fingerprint density at radius 1 is 1.00 bits per heavy atom. The van der Waals surface area contributed by atoms with Crippen LogP contribution in [0.3, 0.4) is 0 Å². The van der Waals surface area contributed by atoms with Crippen LogP contribution in [0.1, 0.15) is 24.8 Å². The van der Waals surface area contributed by atoms with E-state index in [1.54, 1.807) is 13.8 Å². The fourth-order valence-corrected chi connectivity index (χ4v) is 11.3. The van der Waals surface area contributed by atoms with E-state index in [2.05, 4.69) is 62.7 Å². The molecular weight excluding hydrogens is 390 g/mol. The molecule has 0 amide bonds. The summed E-state index contributed by atoms with van der Waals surface area (Å²) in [5.74, 6) is 0. The van der Waals surface area contributed by atoms with Gasteiger partial charge >= 0.3 is 144 Å². The van der Waals surface area contributed by atoms with Gasteiger partial charge < -0.3 is 0 Å². The number of thiophene rings is 1. The molecule has 0 aliphatic carbocycles. The van der Waals surface area contributed by atoms with Crippen LogP contribution in [0, 0.1) is 0 Å². The maximum atomic E-state index is 2.57. The third kappa shape index (κ3) is 3.54. The Balaban J connectivity index is 2.15. The summed E-state index contributed by atoms with van der Waals surface area (Å²) in [6.45, 7) is 0.680. The Hall–Kier alpha value is -0.476. The van der Waals surface area contributed by atoms with Crippen molar-refractivity contribution in [2.24, 2.45) is 0 Å². The molecule has 0 nitrogen and oxygen atoms in total. The van der Waals surface area contributed by atoms with E-state index in [1.165, 1.54) is 31.1 Å². The minimum atomic E-state index is -2.19. The fourth-order valence-electron chi connectivity index (χ4n) is 3.82. The Kier molecular flexibility index (Phi) is 5.18. The maximum absolute atomic E-state index is 2.57. The summed E-state index contributed by atoms with van der Waals surface area (Å²) in [6.07, 6.45) is 5.40. The van der Waals surface area contributed by atoms with Crippen LogP contribution < -0.4 is 4.78 Å². The van der Waals surface area contributed by atoms with Crippen LogP contribution in [-0.4, -0.2) is 25.1 Å². The predicted molar refractivity (Wildman–Crippen MR) is 105 cm³/mol. The first-order chi connectivity index (χ1) is 10.6. The molecule has 114 valence electrons. The zero-order valence-electron chi connectivity index (χ0n) is 13.9. The first kappa shape index (κ1) is 16.4. The van der Waals surface area contributed by atoms with Gasteiger partial charge in [-0.15, -0.1) is 0 Å². The third-order valence-corrected chi connectivity index (χ3v) is 11.6. The molecule has 1 saturated heterocycles. The second-order valence-electron chi connectivity index (χ2n) is 7.33. The van der Waals surface area contributed by atoms with Crippen molar-refractivity contribution in [3.63, 3.8) is 0 Å². The molecule has 0 atom stereocenters. The monoisotopic (exact) mass is 416 g/mol. The van der Waals surface area contributed by atoms with Crippen molar-refractivity contribution in [3.8, 4) is 0 Å². The molecule has 0 N–H and O–H groups in total. The van der Waals surface area contributed by atoms with E-state index in [4.69, 9.17) is 0 Å². The van der Waals surface area contributed by atoms with Gasteiger partial charge in [-0.05, 0) is 0 Å². The molecular formula is C19H25BSSn. The molecule has 22 heavy (non-hydrogen) atoms. The van der Waals surface area contributed by atoms with Gasteiger partial charge in [0.15, 0.2) is 0 Å². The predicted octanol–water partition coefficient (Wildman–Crippen LogP) is 5.50. The normalized spacial score (nSPS) is 18.4. The summed E-state index contributed by atoms with van der Waals surface area (Å²) in [7, 11) is 0. The molecule has 3 rings (SSSR count). The van der Waals surface area contributed by atoms with Crippen LogP contribution in [0.5, 0.6) is 0 Å². The summed E-state index contributed by atoms with van der Waals surface area (Å²) >= 11 is -0.243. The summed E-state index contributed by atoms with van der Waals surface area (Å²) in [6, 6.07) is 15.8. The van der Waals surface area contributed by atoms with Crippen LogP contribution in [-0.2, 0) is 0 Å². The molecule has 0 spiro atoms. The molecule has 1 aliphatic rings. The SMILES string of the molecule is [CH3][Sn]([CH3])([CH3])/[C](=C1/CCCCB1c1cccs1)c1ccccc1. The molecule has 0 bridgehead atoms. The van der Waals surface area contributed by atoms with Crippen LogP contribution in [0.2, 0.25) is 21.1 Å². The van der Waals surface area contributed by atoms with Crippen LogP contribution in [0.4, 0.5) is 0 Å². The summed E-state index contributed by atoms with van der Waals surface area (Å²) < 4.78 is 3.37. The number of rotatable bonds is 3.